The Balaban J connectivity index is 3.80. The van der Waals surface area contributed by atoms with Crippen LogP contribution in [0.4, 0.5) is 0 Å². The van der Waals surface area contributed by atoms with Crippen LogP contribution >= 0.6 is 0 Å². The summed E-state index contributed by atoms with van der Waals surface area (Å²) in [6, 6.07) is 0. The highest BCUT2D eigenvalue weighted by atomic mass is 32.2. The topological polar surface area (TPSA) is 0 Å². The summed E-state index contributed by atoms with van der Waals surface area (Å²) in [5, 5.41) is 0. The largest absolute Gasteiger partial charge is 0.324 e. The summed E-state index contributed by atoms with van der Waals surface area (Å²) in [5.41, 5.74) is 0. The number of unbranched alkanes of at least 4 members (excludes halogenated alkanes) is 6. The monoisotopic (exact) mass is 431 g/mol. The molecule has 0 rings (SSSR count). The minimum absolute atomic E-state index is 0.706. The molecule has 2 nitrogen and oxygen atoms in total. The minimum Gasteiger partial charge on any atom is -0.324 e. The molecule has 0 N–H and O–H groups in total. The fraction of sp³-hybridized carbons (Fsp3) is 1.00. The molecule has 0 fully saturated rings. The van der Waals surface area contributed by atoms with Gasteiger partial charge in [0.15, 0.2) is 0 Å². The van der Waals surface area contributed by atoms with E-state index < -0.39 is 0 Å². The van der Waals surface area contributed by atoms with Crippen LogP contribution in [0, 0.1) is 0 Å². The van der Waals surface area contributed by atoms with Crippen molar-refractivity contribution in [2.24, 2.45) is 0 Å². The Kier molecular flexibility index (Phi) is 18.1. The van der Waals surface area contributed by atoms with E-state index in [1.807, 2.05) is 0 Å². The van der Waals surface area contributed by atoms with Gasteiger partial charge in [-0.2, -0.15) is 0 Å². The number of hydrogen-bond acceptors (Lipinski definition) is 0. The van der Waals surface area contributed by atoms with Crippen LogP contribution in [0.3, 0.4) is 0 Å². The Bertz CT molecular complexity index is 302. The van der Waals surface area contributed by atoms with E-state index in [0.717, 1.165) is 0 Å². The molecule has 3 heteroatoms. The summed E-state index contributed by atoms with van der Waals surface area (Å²) < 4.78 is 2.65. The molecule has 0 saturated heterocycles. The highest BCUT2D eigenvalue weighted by Gasteiger charge is 2.21. The molecule has 0 aliphatic carbocycles. The predicted molar refractivity (Wildman–Crippen MR) is 138 cm³/mol. The molecule has 0 amide bonds. The van der Waals surface area contributed by atoms with Gasteiger partial charge in [0.05, 0.1) is 52.4 Å². The van der Waals surface area contributed by atoms with Crippen LogP contribution in [0.2, 0.25) is 0 Å². The molecule has 0 aliphatic rings. The minimum atomic E-state index is 0.706. The highest BCUT2D eigenvalue weighted by Crippen LogP contribution is 2.14. The van der Waals surface area contributed by atoms with Crippen LogP contribution < -0.4 is 0 Å². The fourth-order valence-corrected chi connectivity index (χ4v) is 6.90. The maximum atomic E-state index is 2.42. The molecule has 0 bridgehead atoms. The van der Waals surface area contributed by atoms with Crippen LogP contribution in [-0.2, 0) is 10.9 Å². The van der Waals surface area contributed by atoms with Crippen LogP contribution in [-0.4, -0.2) is 78.6 Å². The zero-order chi connectivity index (χ0) is 22.0. The highest BCUT2D eigenvalue weighted by molar-refractivity contribution is 7.96. The van der Waals surface area contributed by atoms with Gasteiger partial charge in [0, 0.05) is 0 Å². The average Bonchev–Trinajstić information content (AvgIpc) is 2.77. The quantitative estimate of drug-likeness (QED) is 0.111. The molecular weight excluding hydrogens is 372 g/mol. The Morgan fingerprint density at radius 3 is 1.00 bits per heavy atom. The van der Waals surface area contributed by atoms with Crippen molar-refractivity contribution in [1.82, 2.24) is 0 Å². The van der Waals surface area contributed by atoms with Crippen molar-refractivity contribution < 1.29 is 8.97 Å². The average molecular weight is 432 g/mol. The van der Waals surface area contributed by atoms with E-state index in [9.17, 15) is 0 Å². The summed E-state index contributed by atoms with van der Waals surface area (Å²) in [6.07, 6.45) is 11.7. The first-order valence-electron chi connectivity index (χ1n) is 13.3. The molecule has 0 radical (unpaired) electrons. The number of quaternary nitrogens is 2. The molecule has 0 heterocycles. The Hall–Kier alpha value is 0.270. The summed E-state index contributed by atoms with van der Waals surface area (Å²) in [6.45, 7) is 27.3. The van der Waals surface area contributed by atoms with Crippen LogP contribution in [0.25, 0.3) is 0 Å². The SMILES string of the molecule is CC[S+](CCCCCC[N+](CC)(CC)CC)CCCCCC[N+](CC)(CC)CC. The Morgan fingerprint density at radius 2 is 0.724 bits per heavy atom. The van der Waals surface area contributed by atoms with Gasteiger partial charge in [-0.05, 0) is 111 Å². The summed E-state index contributed by atoms with van der Waals surface area (Å²) in [4.78, 5) is 0. The van der Waals surface area contributed by atoms with Gasteiger partial charge >= 0.3 is 0 Å². The normalized spacial score (nSPS) is 12.8. The van der Waals surface area contributed by atoms with Crippen molar-refractivity contribution in [2.45, 2.75) is 99.8 Å². The molecule has 176 valence electrons. The van der Waals surface area contributed by atoms with Gasteiger partial charge in [-0.1, -0.05) is 0 Å². The lowest BCUT2D eigenvalue weighted by Crippen LogP contribution is -2.48. The van der Waals surface area contributed by atoms with Gasteiger partial charge < -0.3 is 8.97 Å². The predicted octanol–water partition coefficient (Wildman–Crippen LogP) is 6.50. The molecule has 0 aromatic rings. The first-order valence-corrected chi connectivity index (χ1v) is 15.1. The molecule has 29 heavy (non-hydrogen) atoms. The van der Waals surface area contributed by atoms with Crippen molar-refractivity contribution in [3.63, 3.8) is 0 Å². The fourth-order valence-electron chi connectivity index (χ4n) is 4.89. The van der Waals surface area contributed by atoms with Crippen LogP contribution in [0.5, 0.6) is 0 Å². The van der Waals surface area contributed by atoms with E-state index in [2.05, 4.69) is 48.5 Å². The van der Waals surface area contributed by atoms with Crippen molar-refractivity contribution in [1.29, 1.82) is 0 Å². The summed E-state index contributed by atoms with van der Waals surface area (Å²) >= 11 is 0. The molecule has 0 aromatic carbocycles. The summed E-state index contributed by atoms with van der Waals surface area (Å²) in [7, 11) is 0.706. The number of rotatable bonds is 21. The van der Waals surface area contributed by atoms with Gasteiger partial charge in [-0.3, -0.25) is 0 Å². The van der Waals surface area contributed by atoms with Gasteiger partial charge in [-0.25, -0.2) is 0 Å². The zero-order valence-electron chi connectivity index (χ0n) is 21.7. The zero-order valence-corrected chi connectivity index (χ0v) is 22.6. The first-order chi connectivity index (χ1) is 14.0. The lowest BCUT2D eigenvalue weighted by molar-refractivity contribution is -0.923. The van der Waals surface area contributed by atoms with E-state index in [4.69, 9.17) is 0 Å². The van der Waals surface area contributed by atoms with Gasteiger partial charge in [-0.15, -0.1) is 0 Å². The molecule has 0 aliphatic heterocycles. The maximum absolute atomic E-state index is 2.42. The van der Waals surface area contributed by atoms with Gasteiger partial charge in [0.1, 0.15) is 17.3 Å². The molecule has 0 atom stereocenters. The third-order valence-electron chi connectivity index (χ3n) is 8.06. The van der Waals surface area contributed by atoms with E-state index in [1.165, 1.54) is 130 Å². The smallest absolute Gasteiger partial charge is 0.108 e. The molecule has 0 saturated carbocycles. The number of hydrogen-bond donors (Lipinski definition) is 0. The van der Waals surface area contributed by atoms with E-state index >= 15 is 0 Å². The Labute approximate surface area is 189 Å². The molecule has 0 unspecified atom stereocenters. The number of nitrogens with zero attached hydrogens (tertiary/aromatic N) is 2. The standard InChI is InChI=1S/C26H59N2S/c1-8-27(9-2,10-3)23-19-15-17-21-25-29(14-7)26-22-18-16-20-24-28(11-4,12-5)13-6/h8-26H2,1-7H3/q+3. The molecule has 0 aromatic heterocycles. The second-order valence-corrected chi connectivity index (χ2v) is 11.8. The van der Waals surface area contributed by atoms with E-state index in [-0.39, 0.29) is 0 Å². The van der Waals surface area contributed by atoms with E-state index in [1.54, 1.807) is 0 Å². The first kappa shape index (κ1) is 29.3. The third-order valence-corrected chi connectivity index (χ3v) is 10.6. The van der Waals surface area contributed by atoms with E-state index in [0.29, 0.717) is 10.9 Å². The molecular formula is C26H59N2S+3. The van der Waals surface area contributed by atoms with Gasteiger partial charge in [0.2, 0.25) is 0 Å². The van der Waals surface area contributed by atoms with Crippen molar-refractivity contribution in [3.8, 4) is 0 Å². The lowest BCUT2D eigenvalue weighted by atomic mass is 10.1. The second kappa shape index (κ2) is 17.9. The van der Waals surface area contributed by atoms with Crippen LogP contribution in [0.1, 0.15) is 99.8 Å². The third kappa shape index (κ3) is 12.0. The van der Waals surface area contributed by atoms with Crippen molar-refractivity contribution in [3.05, 3.63) is 0 Å². The second-order valence-electron chi connectivity index (χ2n) is 9.17. The van der Waals surface area contributed by atoms with Crippen molar-refractivity contribution >= 4 is 10.9 Å². The van der Waals surface area contributed by atoms with Crippen LogP contribution in [0.15, 0.2) is 0 Å². The maximum Gasteiger partial charge on any atom is 0.108 e. The Morgan fingerprint density at radius 1 is 0.414 bits per heavy atom. The lowest BCUT2D eigenvalue weighted by Gasteiger charge is -2.35. The summed E-state index contributed by atoms with van der Waals surface area (Å²) in [5.74, 6) is 4.43. The van der Waals surface area contributed by atoms with Gasteiger partial charge in [0.25, 0.3) is 0 Å². The molecule has 0 spiro atoms. The van der Waals surface area contributed by atoms with Crippen molar-refractivity contribution in [2.75, 3.05) is 69.6 Å².